The highest BCUT2D eigenvalue weighted by Crippen LogP contribution is 1.93. The monoisotopic (exact) mass is 138 g/mol. The van der Waals surface area contributed by atoms with Crippen LogP contribution in [-0.2, 0) is 4.74 Å². The van der Waals surface area contributed by atoms with E-state index in [0.717, 1.165) is 0 Å². The average Bonchev–Trinajstić information content (AvgIpc) is 1.86. The van der Waals surface area contributed by atoms with Crippen LogP contribution in [0.25, 0.3) is 0 Å². The standard InChI is InChI=1S/C5H2N2O3/c6-2-1-4(3-7)10-5(8)9/h1H,(H,8,9). The van der Waals surface area contributed by atoms with Crippen molar-refractivity contribution in [1.29, 1.82) is 10.5 Å². The molecule has 0 radical (unpaired) electrons. The molecule has 0 aliphatic heterocycles. The van der Waals surface area contributed by atoms with Crippen LogP contribution in [0.2, 0.25) is 0 Å². The zero-order chi connectivity index (χ0) is 7.98. The lowest BCUT2D eigenvalue weighted by atomic mass is 10.5. The first-order chi connectivity index (χ1) is 4.70. The molecule has 5 heteroatoms. The maximum absolute atomic E-state index is 9.72. The molecular formula is C5H2N2O3. The maximum Gasteiger partial charge on any atom is 0.512 e. The Bertz CT molecular complexity index is 243. The van der Waals surface area contributed by atoms with Gasteiger partial charge in [0.1, 0.15) is 6.07 Å². The molecule has 0 spiro atoms. The van der Waals surface area contributed by atoms with E-state index in [1.165, 1.54) is 12.1 Å². The SMILES string of the molecule is N#CC=C(C#N)OC(=O)O. The lowest BCUT2D eigenvalue weighted by molar-refractivity contribution is 0.122. The van der Waals surface area contributed by atoms with Crippen LogP contribution in [-0.4, -0.2) is 11.3 Å². The Kier molecular flexibility index (Phi) is 3.14. The van der Waals surface area contributed by atoms with Crippen molar-refractivity contribution in [3.8, 4) is 12.1 Å². The normalized spacial score (nSPS) is 9.20. The van der Waals surface area contributed by atoms with Crippen molar-refractivity contribution >= 4 is 6.16 Å². The third-order valence-corrected chi connectivity index (χ3v) is 0.503. The van der Waals surface area contributed by atoms with Crippen molar-refractivity contribution in [2.75, 3.05) is 0 Å². The molecule has 0 rings (SSSR count). The van der Waals surface area contributed by atoms with Crippen molar-refractivity contribution in [3.05, 3.63) is 11.8 Å². The largest absolute Gasteiger partial charge is 0.512 e. The third-order valence-electron chi connectivity index (χ3n) is 0.503. The third kappa shape index (κ3) is 3.05. The van der Waals surface area contributed by atoms with E-state index in [2.05, 4.69) is 4.74 Å². The molecule has 0 saturated carbocycles. The number of nitrogens with zero attached hydrogens (tertiary/aromatic N) is 2. The zero-order valence-electron chi connectivity index (χ0n) is 4.74. The molecule has 10 heavy (non-hydrogen) atoms. The summed E-state index contributed by atoms with van der Waals surface area (Å²) in [6.07, 6.45) is -0.906. The minimum atomic E-state index is -1.61. The summed E-state index contributed by atoms with van der Waals surface area (Å²) in [5.74, 6) is -0.532. The molecule has 0 aliphatic rings. The predicted molar refractivity (Wildman–Crippen MR) is 28.4 cm³/mol. The van der Waals surface area contributed by atoms with Gasteiger partial charge in [-0.25, -0.2) is 4.79 Å². The van der Waals surface area contributed by atoms with E-state index in [-0.39, 0.29) is 0 Å². The Morgan fingerprint density at radius 3 is 2.50 bits per heavy atom. The Morgan fingerprint density at radius 1 is 1.60 bits per heavy atom. The van der Waals surface area contributed by atoms with Gasteiger partial charge in [0, 0.05) is 0 Å². The van der Waals surface area contributed by atoms with Gasteiger partial charge in [0.15, 0.2) is 0 Å². The van der Waals surface area contributed by atoms with Crippen molar-refractivity contribution in [1.82, 2.24) is 0 Å². The first-order valence-corrected chi connectivity index (χ1v) is 2.11. The van der Waals surface area contributed by atoms with E-state index in [0.29, 0.717) is 6.08 Å². The van der Waals surface area contributed by atoms with Crippen LogP contribution in [0.5, 0.6) is 0 Å². The van der Waals surface area contributed by atoms with Gasteiger partial charge in [-0.15, -0.1) is 0 Å². The van der Waals surface area contributed by atoms with Gasteiger partial charge in [0.05, 0.1) is 12.1 Å². The lowest BCUT2D eigenvalue weighted by Gasteiger charge is -1.90. The molecule has 5 nitrogen and oxygen atoms in total. The summed E-state index contributed by atoms with van der Waals surface area (Å²) in [5.41, 5.74) is 0. The average molecular weight is 138 g/mol. The number of hydrogen-bond donors (Lipinski definition) is 1. The first kappa shape index (κ1) is 7.99. The summed E-state index contributed by atoms with van der Waals surface area (Å²) in [6, 6.07) is 2.82. The summed E-state index contributed by atoms with van der Waals surface area (Å²) in [6.45, 7) is 0. The Labute approximate surface area is 56.4 Å². The van der Waals surface area contributed by atoms with Gasteiger partial charge in [-0.1, -0.05) is 0 Å². The summed E-state index contributed by atoms with van der Waals surface area (Å²) in [7, 11) is 0. The summed E-state index contributed by atoms with van der Waals surface area (Å²) in [5, 5.41) is 23.9. The molecule has 0 bridgehead atoms. The molecule has 0 saturated heterocycles. The number of carboxylic acid groups (broad SMARTS) is 1. The Morgan fingerprint density at radius 2 is 2.20 bits per heavy atom. The highest BCUT2D eigenvalue weighted by molar-refractivity contribution is 5.59. The van der Waals surface area contributed by atoms with Gasteiger partial charge in [0.25, 0.3) is 0 Å². The molecule has 0 fully saturated rings. The van der Waals surface area contributed by atoms with Gasteiger partial charge in [-0.3, -0.25) is 0 Å². The molecule has 0 amide bonds. The molecule has 0 aromatic heterocycles. The predicted octanol–water partition coefficient (Wildman–Crippen LogP) is 0.612. The summed E-state index contributed by atoms with van der Waals surface area (Å²) >= 11 is 0. The smallest absolute Gasteiger partial charge is 0.449 e. The number of hydrogen-bond acceptors (Lipinski definition) is 4. The van der Waals surface area contributed by atoms with Crippen LogP contribution >= 0.6 is 0 Å². The first-order valence-electron chi connectivity index (χ1n) is 2.11. The van der Waals surface area contributed by atoms with Gasteiger partial charge in [-0.2, -0.15) is 10.5 Å². The molecule has 0 heterocycles. The number of nitriles is 2. The molecule has 0 aliphatic carbocycles. The van der Waals surface area contributed by atoms with Crippen LogP contribution in [0, 0.1) is 22.7 Å². The van der Waals surface area contributed by atoms with Gasteiger partial charge in [0.2, 0.25) is 5.76 Å². The summed E-state index contributed by atoms with van der Waals surface area (Å²) in [4.78, 5) is 9.72. The van der Waals surface area contributed by atoms with Gasteiger partial charge in [-0.05, 0) is 0 Å². The molecule has 0 unspecified atom stereocenters. The maximum atomic E-state index is 9.72. The molecule has 0 aromatic rings. The van der Waals surface area contributed by atoms with Crippen LogP contribution in [0.3, 0.4) is 0 Å². The Balaban J connectivity index is 4.17. The van der Waals surface area contributed by atoms with Crippen LogP contribution in [0.1, 0.15) is 0 Å². The fourth-order valence-electron chi connectivity index (χ4n) is 0.237. The highest BCUT2D eigenvalue weighted by Gasteiger charge is 2.00. The van der Waals surface area contributed by atoms with E-state index in [9.17, 15) is 4.79 Å². The fraction of sp³-hybridized carbons (Fsp3) is 0. The van der Waals surface area contributed by atoms with Crippen molar-refractivity contribution < 1.29 is 14.6 Å². The van der Waals surface area contributed by atoms with Gasteiger partial charge < -0.3 is 9.84 Å². The van der Waals surface area contributed by atoms with E-state index < -0.39 is 11.9 Å². The van der Waals surface area contributed by atoms with E-state index in [4.69, 9.17) is 15.6 Å². The second kappa shape index (κ2) is 3.93. The number of carbonyl (C=O) groups is 1. The quantitative estimate of drug-likeness (QED) is 0.325. The summed E-state index contributed by atoms with van der Waals surface area (Å²) < 4.78 is 3.83. The van der Waals surface area contributed by atoms with Crippen molar-refractivity contribution in [2.45, 2.75) is 0 Å². The second-order valence-corrected chi connectivity index (χ2v) is 1.12. The fourth-order valence-corrected chi connectivity index (χ4v) is 0.237. The number of ether oxygens (including phenoxy) is 1. The molecule has 0 atom stereocenters. The van der Waals surface area contributed by atoms with E-state index in [1.807, 2.05) is 0 Å². The number of rotatable bonds is 1. The molecule has 0 aromatic carbocycles. The topological polar surface area (TPSA) is 94.1 Å². The van der Waals surface area contributed by atoms with E-state index in [1.54, 1.807) is 0 Å². The minimum absolute atomic E-state index is 0.532. The number of allylic oxidation sites excluding steroid dienone is 2. The van der Waals surface area contributed by atoms with Gasteiger partial charge >= 0.3 is 6.16 Å². The van der Waals surface area contributed by atoms with Crippen molar-refractivity contribution in [3.63, 3.8) is 0 Å². The molecular weight excluding hydrogens is 136 g/mol. The van der Waals surface area contributed by atoms with Crippen LogP contribution in [0.4, 0.5) is 4.79 Å². The molecule has 1 N–H and O–H groups in total. The van der Waals surface area contributed by atoms with Crippen LogP contribution < -0.4 is 0 Å². The highest BCUT2D eigenvalue weighted by atomic mass is 16.7. The lowest BCUT2D eigenvalue weighted by Crippen LogP contribution is -1.97. The van der Waals surface area contributed by atoms with Crippen molar-refractivity contribution in [2.24, 2.45) is 0 Å². The minimum Gasteiger partial charge on any atom is -0.449 e. The Hall–Kier alpha value is -2.01. The second-order valence-electron chi connectivity index (χ2n) is 1.12. The van der Waals surface area contributed by atoms with Crippen LogP contribution in [0.15, 0.2) is 11.8 Å². The molecule has 50 valence electrons. The van der Waals surface area contributed by atoms with E-state index >= 15 is 0 Å². The zero-order valence-corrected chi connectivity index (χ0v) is 4.74.